The van der Waals surface area contributed by atoms with Crippen molar-refractivity contribution in [1.29, 1.82) is 0 Å². The third-order valence-electron chi connectivity index (χ3n) is 3.10. The lowest BCUT2D eigenvalue weighted by Gasteiger charge is -2.22. The van der Waals surface area contributed by atoms with Crippen molar-refractivity contribution in [3.63, 3.8) is 0 Å². The highest BCUT2D eigenvalue weighted by Gasteiger charge is 2.18. The van der Waals surface area contributed by atoms with Crippen LogP contribution in [0.2, 0.25) is 0 Å². The standard InChI is InChI=1S/C13H23N/c1-3-5-6-7-10-13(4-2)14-11-8-9-12-14/h2,13H,3,5-12H2,1H3. The number of terminal acetylenes is 1. The molecule has 1 heterocycles. The van der Waals surface area contributed by atoms with Crippen LogP contribution in [0.3, 0.4) is 0 Å². The number of hydrogen-bond acceptors (Lipinski definition) is 1. The number of hydrogen-bond donors (Lipinski definition) is 0. The Hall–Kier alpha value is -0.480. The van der Waals surface area contributed by atoms with Crippen LogP contribution >= 0.6 is 0 Å². The monoisotopic (exact) mass is 193 g/mol. The lowest BCUT2D eigenvalue weighted by molar-refractivity contribution is 0.274. The summed E-state index contributed by atoms with van der Waals surface area (Å²) >= 11 is 0. The van der Waals surface area contributed by atoms with Gasteiger partial charge in [-0.1, -0.05) is 38.5 Å². The van der Waals surface area contributed by atoms with Gasteiger partial charge >= 0.3 is 0 Å². The minimum atomic E-state index is 0.425. The lowest BCUT2D eigenvalue weighted by Crippen LogP contribution is -2.31. The van der Waals surface area contributed by atoms with Gasteiger partial charge in [-0.3, -0.25) is 4.90 Å². The Morgan fingerprint density at radius 2 is 1.93 bits per heavy atom. The van der Waals surface area contributed by atoms with E-state index in [-0.39, 0.29) is 0 Å². The van der Waals surface area contributed by atoms with Crippen molar-refractivity contribution in [2.75, 3.05) is 13.1 Å². The highest BCUT2D eigenvalue weighted by molar-refractivity contribution is 5.00. The van der Waals surface area contributed by atoms with E-state index in [1.807, 2.05) is 0 Å². The predicted octanol–water partition coefficient (Wildman–Crippen LogP) is 3.05. The fourth-order valence-corrected chi connectivity index (χ4v) is 2.19. The Labute approximate surface area is 88.9 Å². The van der Waals surface area contributed by atoms with E-state index in [1.165, 1.54) is 58.0 Å². The maximum atomic E-state index is 5.58. The van der Waals surface area contributed by atoms with Gasteiger partial charge in [0.25, 0.3) is 0 Å². The van der Waals surface area contributed by atoms with E-state index in [0.717, 1.165) is 0 Å². The first-order chi connectivity index (χ1) is 6.88. The summed E-state index contributed by atoms with van der Waals surface area (Å²) in [4.78, 5) is 2.48. The molecule has 0 aromatic heterocycles. The minimum absolute atomic E-state index is 0.425. The molecule has 0 aromatic carbocycles. The SMILES string of the molecule is C#CC(CCCCCC)N1CCCC1. The van der Waals surface area contributed by atoms with E-state index in [2.05, 4.69) is 17.7 Å². The van der Waals surface area contributed by atoms with Gasteiger partial charge in [-0.25, -0.2) is 0 Å². The van der Waals surface area contributed by atoms with Crippen molar-refractivity contribution in [3.8, 4) is 12.3 Å². The van der Waals surface area contributed by atoms with Gasteiger partial charge < -0.3 is 0 Å². The first kappa shape index (κ1) is 11.6. The largest absolute Gasteiger partial charge is 0.290 e. The molecule has 1 aliphatic rings. The summed E-state index contributed by atoms with van der Waals surface area (Å²) in [6.45, 7) is 4.70. The fraction of sp³-hybridized carbons (Fsp3) is 0.846. The number of likely N-dealkylation sites (tertiary alicyclic amines) is 1. The molecule has 0 bridgehead atoms. The number of nitrogens with zero attached hydrogens (tertiary/aromatic N) is 1. The molecule has 0 saturated carbocycles. The van der Waals surface area contributed by atoms with Gasteiger partial charge in [-0.15, -0.1) is 6.42 Å². The molecular weight excluding hydrogens is 170 g/mol. The van der Waals surface area contributed by atoms with E-state index in [4.69, 9.17) is 6.42 Å². The van der Waals surface area contributed by atoms with E-state index >= 15 is 0 Å². The zero-order valence-electron chi connectivity index (χ0n) is 9.47. The normalized spacial score (nSPS) is 19.4. The number of unbranched alkanes of at least 4 members (excludes halogenated alkanes) is 3. The van der Waals surface area contributed by atoms with Crippen molar-refractivity contribution in [3.05, 3.63) is 0 Å². The van der Waals surface area contributed by atoms with Gasteiger partial charge in [0.2, 0.25) is 0 Å². The lowest BCUT2D eigenvalue weighted by atomic mass is 10.1. The molecule has 80 valence electrons. The second-order valence-corrected chi connectivity index (χ2v) is 4.27. The average Bonchev–Trinajstić information content (AvgIpc) is 2.71. The van der Waals surface area contributed by atoms with Crippen LogP contribution in [-0.4, -0.2) is 24.0 Å². The quantitative estimate of drug-likeness (QED) is 0.463. The highest BCUT2D eigenvalue weighted by Crippen LogP contribution is 2.16. The first-order valence-corrected chi connectivity index (χ1v) is 6.08. The van der Waals surface area contributed by atoms with Gasteiger partial charge in [0.1, 0.15) is 0 Å². The molecule has 1 saturated heterocycles. The van der Waals surface area contributed by atoms with Crippen LogP contribution in [0.15, 0.2) is 0 Å². The Kier molecular flexibility index (Phi) is 5.71. The predicted molar refractivity (Wildman–Crippen MR) is 62.2 cm³/mol. The van der Waals surface area contributed by atoms with E-state index in [1.54, 1.807) is 0 Å². The molecule has 1 rings (SSSR count). The van der Waals surface area contributed by atoms with Gasteiger partial charge in [0.05, 0.1) is 6.04 Å². The van der Waals surface area contributed by atoms with Crippen molar-refractivity contribution in [2.24, 2.45) is 0 Å². The molecule has 1 fully saturated rings. The molecule has 14 heavy (non-hydrogen) atoms. The van der Waals surface area contributed by atoms with Crippen LogP contribution in [0.5, 0.6) is 0 Å². The van der Waals surface area contributed by atoms with Crippen LogP contribution in [0, 0.1) is 12.3 Å². The summed E-state index contributed by atoms with van der Waals surface area (Å²) in [6, 6.07) is 0.425. The van der Waals surface area contributed by atoms with Crippen LogP contribution in [-0.2, 0) is 0 Å². The molecule has 1 heteroatoms. The highest BCUT2D eigenvalue weighted by atomic mass is 15.2. The molecule has 1 atom stereocenters. The first-order valence-electron chi connectivity index (χ1n) is 6.08. The summed E-state index contributed by atoms with van der Waals surface area (Å²) in [5.74, 6) is 2.95. The summed E-state index contributed by atoms with van der Waals surface area (Å²) in [5, 5.41) is 0. The molecule has 0 radical (unpaired) electrons. The molecular formula is C13H23N. The summed E-state index contributed by atoms with van der Waals surface area (Å²) in [5.41, 5.74) is 0. The second kappa shape index (κ2) is 6.90. The third-order valence-corrected chi connectivity index (χ3v) is 3.10. The van der Waals surface area contributed by atoms with Gasteiger partial charge in [0, 0.05) is 0 Å². The Morgan fingerprint density at radius 3 is 2.50 bits per heavy atom. The molecule has 1 nitrogen and oxygen atoms in total. The summed E-state index contributed by atoms with van der Waals surface area (Å²) in [7, 11) is 0. The Morgan fingerprint density at radius 1 is 1.21 bits per heavy atom. The molecule has 0 spiro atoms. The Bertz CT molecular complexity index is 174. The third kappa shape index (κ3) is 3.72. The summed E-state index contributed by atoms with van der Waals surface area (Å²) < 4.78 is 0. The molecule has 0 N–H and O–H groups in total. The van der Waals surface area contributed by atoms with Gasteiger partial charge in [0.15, 0.2) is 0 Å². The second-order valence-electron chi connectivity index (χ2n) is 4.27. The molecule has 1 unspecified atom stereocenters. The van der Waals surface area contributed by atoms with E-state index in [0.29, 0.717) is 6.04 Å². The molecule has 0 aromatic rings. The van der Waals surface area contributed by atoms with Crippen LogP contribution in [0.25, 0.3) is 0 Å². The minimum Gasteiger partial charge on any atom is -0.290 e. The molecule has 0 aliphatic carbocycles. The van der Waals surface area contributed by atoms with Gasteiger partial charge in [-0.05, 0) is 32.4 Å². The topological polar surface area (TPSA) is 3.24 Å². The van der Waals surface area contributed by atoms with Crippen molar-refractivity contribution >= 4 is 0 Å². The number of rotatable bonds is 6. The zero-order chi connectivity index (χ0) is 10.2. The van der Waals surface area contributed by atoms with Crippen molar-refractivity contribution in [1.82, 2.24) is 4.90 Å². The molecule has 1 aliphatic heterocycles. The van der Waals surface area contributed by atoms with Gasteiger partial charge in [-0.2, -0.15) is 0 Å². The fourth-order valence-electron chi connectivity index (χ4n) is 2.19. The van der Waals surface area contributed by atoms with E-state index < -0.39 is 0 Å². The summed E-state index contributed by atoms with van der Waals surface area (Å²) in [6.07, 6.45) is 14.8. The Balaban J connectivity index is 2.15. The van der Waals surface area contributed by atoms with E-state index in [9.17, 15) is 0 Å². The average molecular weight is 193 g/mol. The van der Waals surface area contributed by atoms with Crippen molar-refractivity contribution in [2.45, 2.75) is 57.9 Å². The molecule has 0 amide bonds. The maximum absolute atomic E-state index is 5.58. The van der Waals surface area contributed by atoms with Crippen molar-refractivity contribution < 1.29 is 0 Å². The van der Waals surface area contributed by atoms with Crippen LogP contribution < -0.4 is 0 Å². The zero-order valence-corrected chi connectivity index (χ0v) is 9.47. The van der Waals surface area contributed by atoms with Crippen LogP contribution in [0.4, 0.5) is 0 Å². The smallest absolute Gasteiger partial charge is 0.0711 e. The maximum Gasteiger partial charge on any atom is 0.0711 e. The van der Waals surface area contributed by atoms with Crippen LogP contribution in [0.1, 0.15) is 51.9 Å².